The molecule has 2 nitrogen and oxygen atoms in total. The molecule has 0 saturated heterocycles. The molecule has 0 radical (unpaired) electrons. The van der Waals surface area contributed by atoms with Crippen LogP contribution >= 0.6 is 24.0 Å². The van der Waals surface area contributed by atoms with E-state index >= 15 is 0 Å². The summed E-state index contributed by atoms with van der Waals surface area (Å²) in [7, 11) is 0. The van der Waals surface area contributed by atoms with E-state index in [9.17, 15) is 4.39 Å². The standard InChI is InChI=1S/C14H12FNOS2/c15-8-14(17)19-9-13(18)16-12-7-3-5-10-4-1-2-6-11(10)12/h1-8,17H,9H2,(H,16,18)/b14-8+. The Bertz CT molecular complexity index is 622. The van der Waals surface area contributed by atoms with Gasteiger partial charge in [0.1, 0.15) is 6.33 Å². The van der Waals surface area contributed by atoms with Crippen LogP contribution in [0.25, 0.3) is 10.8 Å². The second-order valence-electron chi connectivity index (χ2n) is 3.81. The van der Waals surface area contributed by atoms with Crippen molar-refractivity contribution in [3.05, 3.63) is 53.9 Å². The fourth-order valence-corrected chi connectivity index (χ4v) is 2.39. The number of thioether (sulfide) groups is 1. The predicted octanol–water partition coefficient (Wildman–Crippen LogP) is 4.64. The molecular weight excluding hydrogens is 281 g/mol. The number of aliphatic hydroxyl groups excluding tert-OH is 1. The summed E-state index contributed by atoms with van der Waals surface area (Å²) in [6.45, 7) is 0. The van der Waals surface area contributed by atoms with Crippen LogP contribution in [0.2, 0.25) is 0 Å². The van der Waals surface area contributed by atoms with Gasteiger partial charge in [0.2, 0.25) is 0 Å². The smallest absolute Gasteiger partial charge is 0.179 e. The van der Waals surface area contributed by atoms with Crippen molar-refractivity contribution in [3.63, 3.8) is 0 Å². The molecule has 0 aliphatic heterocycles. The molecule has 0 aromatic heterocycles. The minimum atomic E-state index is -0.373. The van der Waals surface area contributed by atoms with Gasteiger partial charge in [-0.15, -0.1) is 0 Å². The molecule has 2 aromatic carbocycles. The molecule has 0 heterocycles. The van der Waals surface area contributed by atoms with E-state index in [0.717, 1.165) is 28.2 Å². The van der Waals surface area contributed by atoms with Crippen molar-refractivity contribution in [1.29, 1.82) is 0 Å². The van der Waals surface area contributed by atoms with E-state index < -0.39 is 0 Å². The van der Waals surface area contributed by atoms with E-state index in [0.29, 0.717) is 10.7 Å². The van der Waals surface area contributed by atoms with Crippen LogP contribution in [0.15, 0.2) is 53.9 Å². The van der Waals surface area contributed by atoms with Crippen molar-refractivity contribution in [3.8, 4) is 0 Å². The van der Waals surface area contributed by atoms with Crippen LogP contribution in [0.4, 0.5) is 10.1 Å². The quantitative estimate of drug-likeness (QED) is 0.635. The van der Waals surface area contributed by atoms with Gasteiger partial charge < -0.3 is 10.4 Å². The van der Waals surface area contributed by atoms with Gasteiger partial charge in [-0.05, 0) is 11.5 Å². The van der Waals surface area contributed by atoms with E-state index in [1.165, 1.54) is 0 Å². The monoisotopic (exact) mass is 293 g/mol. The Kier molecular flexibility index (Phi) is 4.76. The number of nitrogens with one attached hydrogen (secondary N) is 1. The minimum Gasteiger partial charge on any atom is -0.500 e. The first-order valence-corrected chi connectivity index (χ1v) is 7.00. The first kappa shape index (κ1) is 13.8. The lowest BCUT2D eigenvalue weighted by molar-refractivity contribution is 0.440. The predicted molar refractivity (Wildman–Crippen MR) is 84.4 cm³/mol. The average molecular weight is 293 g/mol. The molecule has 0 amide bonds. The number of aliphatic hydroxyl groups is 1. The number of anilines is 1. The first-order valence-electron chi connectivity index (χ1n) is 5.60. The van der Waals surface area contributed by atoms with Gasteiger partial charge in [-0.2, -0.15) is 0 Å². The summed E-state index contributed by atoms with van der Waals surface area (Å²) in [5, 5.41) is 13.9. The van der Waals surface area contributed by atoms with Gasteiger partial charge in [0.05, 0.1) is 10.7 Å². The van der Waals surface area contributed by atoms with Crippen LogP contribution in [-0.4, -0.2) is 15.8 Å². The SMILES string of the molecule is O/C(=C\F)SCC(=S)Nc1cccc2ccccc12. The molecular formula is C14H12FNOS2. The van der Waals surface area contributed by atoms with Gasteiger partial charge in [-0.1, -0.05) is 60.4 Å². The fourth-order valence-electron chi connectivity index (χ4n) is 1.69. The lowest BCUT2D eigenvalue weighted by atomic mass is 10.1. The third-order valence-electron chi connectivity index (χ3n) is 2.51. The molecule has 0 atom stereocenters. The molecule has 0 aliphatic carbocycles. The van der Waals surface area contributed by atoms with Crippen LogP contribution < -0.4 is 5.32 Å². The number of thiocarbonyl (C=S) groups is 1. The molecule has 98 valence electrons. The van der Waals surface area contributed by atoms with Gasteiger partial charge in [0.15, 0.2) is 5.09 Å². The van der Waals surface area contributed by atoms with Crippen molar-refractivity contribution in [2.24, 2.45) is 0 Å². The number of benzene rings is 2. The maximum absolute atomic E-state index is 12.0. The third kappa shape index (κ3) is 3.68. The number of rotatable bonds is 4. The van der Waals surface area contributed by atoms with Crippen molar-refractivity contribution < 1.29 is 9.50 Å². The van der Waals surface area contributed by atoms with Gasteiger partial charge in [0, 0.05) is 11.1 Å². The zero-order valence-electron chi connectivity index (χ0n) is 9.97. The van der Waals surface area contributed by atoms with Crippen LogP contribution in [-0.2, 0) is 0 Å². The summed E-state index contributed by atoms with van der Waals surface area (Å²) in [5.41, 5.74) is 0.910. The normalized spacial score (nSPS) is 11.5. The van der Waals surface area contributed by atoms with Crippen molar-refractivity contribution in [2.75, 3.05) is 11.1 Å². The Morgan fingerprint density at radius 2 is 2.00 bits per heavy atom. The molecule has 0 saturated carbocycles. The van der Waals surface area contributed by atoms with Crippen molar-refractivity contribution in [2.45, 2.75) is 0 Å². The maximum atomic E-state index is 12.0. The lowest BCUT2D eigenvalue weighted by Gasteiger charge is -2.10. The zero-order valence-corrected chi connectivity index (χ0v) is 11.6. The Balaban J connectivity index is 2.11. The summed E-state index contributed by atoms with van der Waals surface area (Å²) >= 11 is 6.12. The van der Waals surface area contributed by atoms with Crippen molar-refractivity contribution >= 4 is 45.4 Å². The maximum Gasteiger partial charge on any atom is 0.179 e. The van der Waals surface area contributed by atoms with E-state index in [1.807, 2.05) is 42.5 Å². The fraction of sp³-hybridized carbons (Fsp3) is 0.0714. The molecule has 0 fully saturated rings. The van der Waals surface area contributed by atoms with Gasteiger partial charge in [-0.25, -0.2) is 4.39 Å². The highest BCUT2D eigenvalue weighted by Gasteiger charge is 2.04. The second kappa shape index (κ2) is 6.54. The molecule has 0 bridgehead atoms. The van der Waals surface area contributed by atoms with Gasteiger partial charge >= 0.3 is 0 Å². The highest BCUT2D eigenvalue weighted by Crippen LogP contribution is 2.23. The molecule has 0 aliphatic rings. The zero-order chi connectivity index (χ0) is 13.7. The van der Waals surface area contributed by atoms with Gasteiger partial charge in [0.25, 0.3) is 0 Å². The number of hydrogen-bond acceptors (Lipinski definition) is 3. The number of hydrogen-bond donors (Lipinski definition) is 2. The highest BCUT2D eigenvalue weighted by atomic mass is 32.2. The second-order valence-corrected chi connectivity index (χ2v) is 5.30. The van der Waals surface area contributed by atoms with E-state index in [1.54, 1.807) is 0 Å². The Hall–Kier alpha value is -1.59. The molecule has 5 heteroatoms. The van der Waals surface area contributed by atoms with Crippen LogP contribution in [0, 0.1) is 0 Å². The van der Waals surface area contributed by atoms with E-state index in [-0.39, 0.29) is 11.4 Å². The lowest BCUT2D eigenvalue weighted by Crippen LogP contribution is -2.12. The Morgan fingerprint density at radius 1 is 1.26 bits per heavy atom. The highest BCUT2D eigenvalue weighted by molar-refractivity contribution is 8.04. The summed E-state index contributed by atoms with van der Waals surface area (Å²) in [6, 6.07) is 13.9. The third-order valence-corrected chi connectivity index (χ3v) is 3.76. The van der Waals surface area contributed by atoms with E-state index in [2.05, 4.69) is 5.32 Å². The molecule has 2 aromatic rings. The molecule has 0 spiro atoms. The van der Waals surface area contributed by atoms with Gasteiger partial charge in [-0.3, -0.25) is 0 Å². The molecule has 2 rings (SSSR count). The minimum absolute atomic E-state index is 0.158. The van der Waals surface area contributed by atoms with E-state index in [4.69, 9.17) is 17.3 Å². The topological polar surface area (TPSA) is 32.3 Å². The molecule has 2 N–H and O–H groups in total. The largest absolute Gasteiger partial charge is 0.500 e. The summed E-state index contributed by atoms with van der Waals surface area (Å²) in [6.07, 6.45) is 0.158. The molecule has 0 unspecified atom stereocenters. The summed E-state index contributed by atoms with van der Waals surface area (Å²) in [5.74, 6) is 0.324. The number of fused-ring (bicyclic) bond motifs is 1. The summed E-state index contributed by atoms with van der Waals surface area (Å²) in [4.78, 5) is 0.537. The summed E-state index contributed by atoms with van der Waals surface area (Å²) < 4.78 is 12.0. The number of halogens is 1. The van der Waals surface area contributed by atoms with Crippen LogP contribution in [0.3, 0.4) is 0 Å². The molecule has 19 heavy (non-hydrogen) atoms. The Labute approximate surface area is 120 Å². The van der Waals surface area contributed by atoms with Crippen molar-refractivity contribution in [1.82, 2.24) is 0 Å². The first-order chi connectivity index (χ1) is 9.20. The van der Waals surface area contributed by atoms with Crippen LogP contribution in [0.1, 0.15) is 0 Å². The Morgan fingerprint density at radius 3 is 2.79 bits per heavy atom. The average Bonchev–Trinajstić information content (AvgIpc) is 2.45. The van der Waals surface area contributed by atoms with Crippen LogP contribution in [0.5, 0.6) is 0 Å².